The van der Waals surface area contributed by atoms with Crippen molar-refractivity contribution in [3.63, 3.8) is 0 Å². The van der Waals surface area contributed by atoms with Crippen LogP contribution >= 0.6 is 11.3 Å². The Morgan fingerprint density at radius 1 is 0.951 bits per heavy atom. The fraction of sp³-hybridized carbons (Fsp3) is 0.533. The lowest BCUT2D eigenvalue weighted by Crippen LogP contribution is -2.57. The molecule has 1 aromatic heterocycles. The summed E-state index contributed by atoms with van der Waals surface area (Å²) in [5, 5.41) is 21.9. The summed E-state index contributed by atoms with van der Waals surface area (Å²) in [6, 6.07) is 12.0. The highest BCUT2D eigenvalue weighted by Crippen LogP contribution is 2.30. The maximum atomic E-state index is 14.1. The van der Waals surface area contributed by atoms with E-state index in [-0.39, 0.29) is 50.1 Å². The molecule has 1 aliphatic rings. The number of aryl methyl sites for hydroxylation is 2. The van der Waals surface area contributed by atoms with Gasteiger partial charge in [-0.2, -0.15) is 0 Å². The number of alkyl carbamates (subject to hydrolysis) is 1. The van der Waals surface area contributed by atoms with Crippen molar-refractivity contribution in [2.45, 2.75) is 143 Å². The predicted octanol–water partition coefficient (Wildman–Crippen LogP) is 5.69. The minimum Gasteiger partial charge on any atom is -0.444 e. The number of nitrogens with two attached hydrogens (primary N) is 1. The Labute approximate surface area is 363 Å². The largest absolute Gasteiger partial charge is 0.444 e. The number of anilines is 1. The van der Waals surface area contributed by atoms with E-state index < -0.39 is 59.1 Å². The highest BCUT2D eigenvalue weighted by Gasteiger charge is 2.44. The van der Waals surface area contributed by atoms with Crippen molar-refractivity contribution < 1.29 is 38.6 Å². The summed E-state index contributed by atoms with van der Waals surface area (Å²) in [6.07, 6.45) is 1.24. The number of nitrogens with one attached hydrogen (secondary N) is 4. The van der Waals surface area contributed by atoms with E-state index in [1.807, 2.05) is 76.5 Å². The van der Waals surface area contributed by atoms with Crippen LogP contribution in [-0.4, -0.2) is 87.0 Å². The number of unbranched alkanes of at least 4 members (excludes halogenated alkanes) is 2. The highest BCUT2D eigenvalue weighted by molar-refractivity contribution is 7.13. The van der Waals surface area contributed by atoms with Crippen LogP contribution in [0.2, 0.25) is 0 Å². The van der Waals surface area contributed by atoms with Crippen LogP contribution in [0.3, 0.4) is 0 Å². The molecule has 6 amide bonds. The van der Waals surface area contributed by atoms with Gasteiger partial charge in [0.2, 0.25) is 29.5 Å². The second kappa shape index (κ2) is 21.4. The van der Waals surface area contributed by atoms with Crippen LogP contribution in [0.4, 0.5) is 10.5 Å². The molecule has 3 aromatic rings. The van der Waals surface area contributed by atoms with Gasteiger partial charge in [0.15, 0.2) is 0 Å². The molecular formula is C45H63N7O8S. The van der Waals surface area contributed by atoms with Crippen LogP contribution in [0.15, 0.2) is 54.0 Å². The van der Waals surface area contributed by atoms with Crippen LogP contribution in [0, 0.1) is 12.3 Å². The number of aliphatic hydroxyl groups excluding tert-OH is 1. The summed E-state index contributed by atoms with van der Waals surface area (Å²) in [6.45, 7) is 14.5. The number of amides is 6. The number of hydrogen-bond acceptors (Lipinski definition) is 10. The SMILES string of the molecule is Cc1ncsc1-c1ccc([C@H](C)NC(=O)[C@@H]2C[C@@H](O)CN2C(=O)[C@@H](NC(=O)CCCCCc2cccc(NC(=O)[C@H](CCC(N)=O)NC(=O)OC(C)(C)C)c2)C(C)(C)C)cc1. The molecule has 0 bridgehead atoms. The number of nitrogens with zero attached hydrogens (tertiary/aromatic N) is 2. The second-order valence-corrected chi connectivity index (χ2v) is 18.7. The molecule has 4 rings (SSSR count). The van der Waals surface area contributed by atoms with E-state index in [4.69, 9.17) is 10.5 Å². The smallest absolute Gasteiger partial charge is 0.408 e. The van der Waals surface area contributed by atoms with E-state index >= 15 is 0 Å². The summed E-state index contributed by atoms with van der Waals surface area (Å²) in [7, 11) is 0. The van der Waals surface area contributed by atoms with E-state index in [9.17, 15) is 33.9 Å². The van der Waals surface area contributed by atoms with Gasteiger partial charge in [-0.05, 0) is 94.5 Å². The molecule has 5 atom stereocenters. The molecule has 1 saturated heterocycles. The lowest BCUT2D eigenvalue weighted by Gasteiger charge is -2.35. The number of likely N-dealkylation sites (tertiary alicyclic amines) is 1. The van der Waals surface area contributed by atoms with Gasteiger partial charge in [-0.25, -0.2) is 9.78 Å². The fourth-order valence-corrected chi connectivity index (χ4v) is 7.89. The van der Waals surface area contributed by atoms with Crippen molar-refractivity contribution in [3.05, 3.63) is 70.9 Å². The van der Waals surface area contributed by atoms with E-state index in [0.29, 0.717) is 18.5 Å². The molecule has 15 nitrogen and oxygen atoms in total. The quantitative estimate of drug-likeness (QED) is 0.0864. The molecule has 0 spiro atoms. The van der Waals surface area contributed by atoms with Gasteiger partial charge in [-0.15, -0.1) is 11.3 Å². The Morgan fingerprint density at radius 2 is 1.66 bits per heavy atom. The van der Waals surface area contributed by atoms with Gasteiger partial charge in [0, 0.05) is 31.5 Å². The Morgan fingerprint density at radius 3 is 2.28 bits per heavy atom. The van der Waals surface area contributed by atoms with Gasteiger partial charge >= 0.3 is 6.09 Å². The third kappa shape index (κ3) is 15.0. The van der Waals surface area contributed by atoms with E-state index in [0.717, 1.165) is 40.1 Å². The summed E-state index contributed by atoms with van der Waals surface area (Å²) < 4.78 is 5.28. The minimum absolute atomic E-state index is 0.00229. The zero-order chi connectivity index (χ0) is 45.1. The number of thiazole rings is 1. The van der Waals surface area contributed by atoms with Crippen molar-refractivity contribution in [3.8, 4) is 10.4 Å². The number of primary amides is 1. The summed E-state index contributed by atoms with van der Waals surface area (Å²) in [4.78, 5) is 84.7. The van der Waals surface area contributed by atoms with Gasteiger partial charge in [0.05, 0.1) is 28.2 Å². The number of aromatic nitrogens is 1. The number of carbonyl (C=O) groups excluding carboxylic acids is 6. The van der Waals surface area contributed by atoms with E-state index in [2.05, 4.69) is 26.3 Å². The third-order valence-corrected chi connectivity index (χ3v) is 11.3. The lowest BCUT2D eigenvalue weighted by molar-refractivity contribution is -0.144. The van der Waals surface area contributed by atoms with Gasteiger partial charge in [0.1, 0.15) is 23.7 Å². The number of benzene rings is 2. The zero-order valence-corrected chi connectivity index (χ0v) is 37.4. The van der Waals surface area contributed by atoms with Crippen LogP contribution in [-0.2, 0) is 35.1 Å². The van der Waals surface area contributed by atoms with Crippen LogP contribution in [0.1, 0.15) is 116 Å². The molecule has 1 aliphatic heterocycles. The number of aliphatic hydroxyl groups is 1. The molecule has 2 aromatic carbocycles. The third-order valence-electron chi connectivity index (χ3n) is 10.3. The molecule has 0 saturated carbocycles. The maximum absolute atomic E-state index is 14.1. The molecule has 0 unspecified atom stereocenters. The molecular weight excluding hydrogens is 799 g/mol. The standard InChI is InChI=1S/C45H63N7O8S/c1-27(30-17-19-31(20-18-30)38-28(2)47-26-61-38)48-41(57)35-24-33(53)25-52(35)42(58)39(44(3,4)5)51-37(55)16-11-9-10-13-29-14-12-15-32(23-29)49-40(56)34(21-22-36(46)54)50-43(59)60-45(6,7)8/h12,14-15,17-20,23,26-27,33-35,39,53H,9-11,13,16,21-22,24-25H2,1-8H3,(H2,46,54)(H,48,57)(H,49,56)(H,50,59)(H,51,55)/t27-,33+,34-,35-,39+/m0/s1. The van der Waals surface area contributed by atoms with Crippen LogP contribution < -0.4 is 27.0 Å². The normalized spacial score (nSPS) is 16.8. The first-order chi connectivity index (χ1) is 28.6. The summed E-state index contributed by atoms with van der Waals surface area (Å²) in [5.41, 5.74) is 10.0. The number of carbonyl (C=O) groups is 6. The first-order valence-electron chi connectivity index (χ1n) is 20.9. The molecule has 1 fully saturated rings. The molecule has 61 heavy (non-hydrogen) atoms. The van der Waals surface area contributed by atoms with Crippen molar-refractivity contribution >= 4 is 52.7 Å². The second-order valence-electron chi connectivity index (χ2n) is 17.8. The first-order valence-corrected chi connectivity index (χ1v) is 21.8. The monoisotopic (exact) mass is 861 g/mol. The summed E-state index contributed by atoms with van der Waals surface area (Å²) in [5.74, 6) is -2.19. The Kier molecular flexibility index (Phi) is 17.0. The van der Waals surface area contributed by atoms with Crippen molar-refractivity contribution in [2.24, 2.45) is 11.1 Å². The predicted molar refractivity (Wildman–Crippen MR) is 235 cm³/mol. The van der Waals surface area contributed by atoms with Crippen LogP contribution in [0.25, 0.3) is 10.4 Å². The molecule has 2 heterocycles. The number of hydrogen-bond donors (Lipinski definition) is 6. The van der Waals surface area contributed by atoms with Gasteiger partial charge < -0.3 is 41.7 Å². The number of β-amino-alcohol motifs (C(OH)–C–C–N with tert-alkyl or cyclic N) is 1. The molecule has 332 valence electrons. The summed E-state index contributed by atoms with van der Waals surface area (Å²) >= 11 is 1.57. The Hall–Kier alpha value is -5.35. The Balaban J connectivity index is 1.27. The molecule has 16 heteroatoms. The Bertz CT molecular complexity index is 2010. The molecule has 7 N–H and O–H groups in total. The van der Waals surface area contributed by atoms with Crippen LogP contribution in [0.5, 0.6) is 0 Å². The maximum Gasteiger partial charge on any atom is 0.408 e. The lowest BCUT2D eigenvalue weighted by atomic mass is 9.85. The van der Waals surface area contributed by atoms with Gasteiger partial charge in [-0.1, -0.05) is 63.6 Å². The van der Waals surface area contributed by atoms with E-state index in [1.165, 1.54) is 4.90 Å². The van der Waals surface area contributed by atoms with Crippen molar-refractivity contribution in [2.75, 3.05) is 11.9 Å². The molecule has 0 aliphatic carbocycles. The number of rotatable bonds is 18. The van der Waals surface area contributed by atoms with Gasteiger partial charge in [-0.3, -0.25) is 24.0 Å². The van der Waals surface area contributed by atoms with E-state index in [1.54, 1.807) is 44.2 Å². The number of ether oxygens (including phenoxy) is 1. The van der Waals surface area contributed by atoms with Gasteiger partial charge in [0.25, 0.3) is 0 Å². The van der Waals surface area contributed by atoms with Crippen molar-refractivity contribution in [1.29, 1.82) is 0 Å². The minimum atomic E-state index is -1.05. The average Bonchev–Trinajstić information content (AvgIpc) is 3.79. The fourth-order valence-electron chi connectivity index (χ4n) is 7.08. The first kappa shape index (κ1) is 48.3. The van der Waals surface area contributed by atoms with Crippen molar-refractivity contribution in [1.82, 2.24) is 25.8 Å². The zero-order valence-electron chi connectivity index (χ0n) is 36.6. The topological polar surface area (TPSA) is 222 Å². The molecule has 0 radical (unpaired) electrons. The average molecular weight is 862 g/mol. The highest BCUT2D eigenvalue weighted by atomic mass is 32.1.